The fourth-order valence-electron chi connectivity index (χ4n) is 2.10. The van der Waals surface area contributed by atoms with Crippen LogP contribution in [0.15, 0.2) is 0 Å². The Kier molecular flexibility index (Phi) is 3.36. The third-order valence-corrected chi connectivity index (χ3v) is 4.50. The van der Waals surface area contributed by atoms with Crippen LogP contribution in [0.2, 0.25) is 0 Å². The molecule has 1 aliphatic carbocycles. The van der Waals surface area contributed by atoms with Gasteiger partial charge < -0.3 is 5.73 Å². The highest BCUT2D eigenvalue weighted by molar-refractivity contribution is 7.11. The normalized spacial score (nSPS) is 29.0. The Labute approximate surface area is 95.1 Å². The predicted octanol–water partition coefficient (Wildman–Crippen LogP) is 2.85. The minimum Gasteiger partial charge on any atom is -0.322 e. The Morgan fingerprint density at radius 1 is 1.27 bits per heavy atom. The zero-order chi connectivity index (χ0) is 10.8. The van der Waals surface area contributed by atoms with Gasteiger partial charge in [-0.25, -0.2) is 0 Å². The molecule has 1 unspecified atom stereocenters. The van der Waals surface area contributed by atoms with Gasteiger partial charge in [-0.15, -0.1) is 10.2 Å². The Bertz CT molecular complexity index is 313. The molecule has 3 nitrogen and oxygen atoms in total. The smallest absolute Gasteiger partial charge is 0.133 e. The van der Waals surface area contributed by atoms with Gasteiger partial charge in [0.25, 0.3) is 0 Å². The summed E-state index contributed by atoms with van der Waals surface area (Å²) in [6, 6.07) is 0.0266. The molecule has 1 fully saturated rings. The van der Waals surface area contributed by atoms with E-state index in [0.717, 1.165) is 10.9 Å². The van der Waals surface area contributed by atoms with Crippen molar-refractivity contribution in [3.05, 3.63) is 10.0 Å². The minimum atomic E-state index is 0.0266. The van der Waals surface area contributed by atoms with Crippen molar-refractivity contribution >= 4 is 11.3 Å². The second kappa shape index (κ2) is 4.58. The largest absolute Gasteiger partial charge is 0.322 e. The van der Waals surface area contributed by atoms with E-state index < -0.39 is 0 Å². The maximum Gasteiger partial charge on any atom is 0.133 e. The second-order valence-corrected chi connectivity index (χ2v) is 5.76. The van der Waals surface area contributed by atoms with E-state index in [2.05, 4.69) is 17.1 Å². The molecule has 0 spiro atoms. The minimum absolute atomic E-state index is 0.0266. The van der Waals surface area contributed by atoms with Crippen molar-refractivity contribution in [2.75, 3.05) is 0 Å². The quantitative estimate of drug-likeness (QED) is 0.842. The molecule has 4 heteroatoms. The van der Waals surface area contributed by atoms with Crippen molar-refractivity contribution in [2.45, 2.75) is 51.5 Å². The zero-order valence-corrected chi connectivity index (χ0v) is 10.3. The van der Waals surface area contributed by atoms with Crippen molar-refractivity contribution in [3.8, 4) is 0 Å². The number of aromatic nitrogens is 2. The van der Waals surface area contributed by atoms with Crippen molar-refractivity contribution in [3.63, 3.8) is 0 Å². The van der Waals surface area contributed by atoms with Crippen LogP contribution in [-0.4, -0.2) is 10.2 Å². The molecule has 0 bridgehead atoms. The van der Waals surface area contributed by atoms with Gasteiger partial charge in [0.05, 0.1) is 6.04 Å². The second-order valence-electron chi connectivity index (χ2n) is 4.72. The number of hydrogen-bond acceptors (Lipinski definition) is 4. The molecule has 1 atom stereocenters. The molecule has 1 heterocycles. The van der Waals surface area contributed by atoms with Gasteiger partial charge in [-0.2, -0.15) is 0 Å². The Morgan fingerprint density at radius 3 is 2.47 bits per heavy atom. The molecule has 15 heavy (non-hydrogen) atoms. The molecule has 1 aromatic rings. The molecule has 0 amide bonds. The lowest BCUT2D eigenvalue weighted by Gasteiger charge is -2.23. The van der Waals surface area contributed by atoms with Gasteiger partial charge in [-0.05, 0) is 25.7 Å². The van der Waals surface area contributed by atoms with Crippen LogP contribution in [0.1, 0.15) is 61.5 Å². The molecular weight excluding hydrogens is 206 g/mol. The third kappa shape index (κ3) is 2.55. The van der Waals surface area contributed by atoms with Gasteiger partial charge in [-0.1, -0.05) is 31.1 Å². The molecule has 1 aliphatic rings. The first kappa shape index (κ1) is 11.0. The van der Waals surface area contributed by atoms with Gasteiger partial charge in [-0.3, -0.25) is 0 Å². The molecule has 0 aliphatic heterocycles. The van der Waals surface area contributed by atoms with Crippen molar-refractivity contribution < 1.29 is 0 Å². The summed E-state index contributed by atoms with van der Waals surface area (Å²) in [5.74, 6) is 1.54. The maximum atomic E-state index is 5.79. The molecule has 1 saturated carbocycles. The van der Waals surface area contributed by atoms with Gasteiger partial charge in [0.15, 0.2) is 0 Å². The van der Waals surface area contributed by atoms with Crippen LogP contribution in [0.3, 0.4) is 0 Å². The molecule has 2 N–H and O–H groups in total. The van der Waals surface area contributed by atoms with Gasteiger partial charge in [0.2, 0.25) is 0 Å². The first-order valence-corrected chi connectivity index (χ1v) is 6.57. The summed E-state index contributed by atoms with van der Waals surface area (Å²) >= 11 is 1.70. The van der Waals surface area contributed by atoms with E-state index in [1.54, 1.807) is 11.3 Å². The zero-order valence-electron chi connectivity index (χ0n) is 9.44. The van der Waals surface area contributed by atoms with Gasteiger partial charge >= 0.3 is 0 Å². The number of rotatable bonds is 2. The summed E-state index contributed by atoms with van der Waals surface area (Å²) in [5, 5.41) is 10.6. The Balaban J connectivity index is 2.03. The SMILES string of the molecule is CC1CCC(c2nnc(C(C)N)s2)CC1. The summed E-state index contributed by atoms with van der Waals surface area (Å²) < 4.78 is 0. The Hall–Kier alpha value is -0.480. The summed E-state index contributed by atoms with van der Waals surface area (Å²) in [7, 11) is 0. The van der Waals surface area contributed by atoms with E-state index in [-0.39, 0.29) is 6.04 Å². The summed E-state index contributed by atoms with van der Waals surface area (Å²) in [5.41, 5.74) is 5.79. The lowest BCUT2D eigenvalue weighted by molar-refractivity contribution is 0.346. The predicted molar refractivity (Wildman–Crippen MR) is 62.9 cm³/mol. The molecule has 84 valence electrons. The molecule has 0 saturated heterocycles. The van der Waals surface area contributed by atoms with E-state index in [0.29, 0.717) is 5.92 Å². The average Bonchev–Trinajstić information content (AvgIpc) is 2.68. The fraction of sp³-hybridized carbons (Fsp3) is 0.818. The highest BCUT2D eigenvalue weighted by atomic mass is 32.1. The monoisotopic (exact) mass is 225 g/mol. The number of nitrogens with two attached hydrogens (primary N) is 1. The van der Waals surface area contributed by atoms with Crippen molar-refractivity contribution in [1.82, 2.24) is 10.2 Å². The Morgan fingerprint density at radius 2 is 1.93 bits per heavy atom. The first-order chi connectivity index (χ1) is 7.16. The van der Waals surface area contributed by atoms with Crippen LogP contribution in [0.4, 0.5) is 0 Å². The van der Waals surface area contributed by atoms with Gasteiger partial charge in [0, 0.05) is 5.92 Å². The lowest BCUT2D eigenvalue weighted by Crippen LogP contribution is -2.10. The average molecular weight is 225 g/mol. The van der Waals surface area contributed by atoms with Gasteiger partial charge in [0.1, 0.15) is 10.0 Å². The van der Waals surface area contributed by atoms with E-state index in [1.807, 2.05) is 6.92 Å². The van der Waals surface area contributed by atoms with E-state index in [4.69, 9.17) is 5.73 Å². The van der Waals surface area contributed by atoms with Crippen molar-refractivity contribution in [1.29, 1.82) is 0 Å². The molecular formula is C11H19N3S. The first-order valence-electron chi connectivity index (χ1n) is 5.75. The van der Waals surface area contributed by atoms with E-state index in [9.17, 15) is 0 Å². The topological polar surface area (TPSA) is 51.8 Å². The summed E-state index contributed by atoms with van der Waals surface area (Å²) in [6.45, 7) is 4.30. The number of hydrogen-bond donors (Lipinski definition) is 1. The van der Waals surface area contributed by atoms with Crippen molar-refractivity contribution in [2.24, 2.45) is 11.7 Å². The third-order valence-electron chi connectivity index (χ3n) is 3.21. The maximum absolute atomic E-state index is 5.79. The lowest BCUT2D eigenvalue weighted by atomic mass is 9.83. The van der Waals surface area contributed by atoms with Crippen LogP contribution in [0, 0.1) is 5.92 Å². The summed E-state index contributed by atoms with van der Waals surface area (Å²) in [4.78, 5) is 0. The highest BCUT2D eigenvalue weighted by Crippen LogP contribution is 2.37. The molecule has 0 radical (unpaired) electrons. The summed E-state index contributed by atoms with van der Waals surface area (Å²) in [6.07, 6.45) is 5.21. The fourth-order valence-corrected chi connectivity index (χ4v) is 3.07. The van der Waals surface area contributed by atoms with E-state index in [1.165, 1.54) is 30.7 Å². The van der Waals surface area contributed by atoms with E-state index >= 15 is 0 Å². The van der Waals surface area contributed by atoms with Crippen LogP contribution in [0.5, 0.6) is 0 Å². The van der Waals surface area contributed by atoms with Crippen LogP contribution < -0.4 is 5.73 Å². The highest BCUT2D eigenvalue weighted by Gasteiger charge is 2.23. The molecule has 1 aromatic heterocycles. The number of nitrogens with zero attached hydrogens (tertiary/aromatic N) is 2. The molecule has 2 rings (SSSR count). The standard InChI is InChI=1S/C11H19N3S/c1-7-3-5-9(6-4-7)11-14-13-10(15-11)8(2)12/h7-9H,3-6,12H2,1-2H3. The van der Waals surface area contributed by atoms with Crippen LogP contribution in [-0.2, 0) is 0 Å². The molecule has 0 aromatic carbocycles. The van der Waals surface area contributed by atoms with Crippen LogP contribution >= 0.6 is 11.3 Å². The van der Waals surface area contributed by atoms with Crippen LogP contribution in [0.25, 0.3) is 0 Å².